The molecule has 5 nitrogen and oxygen atoms in total. The van der Waals surface area contributed by atoms with Gasteiger partial charge in [-0.05, 0) is 29.8 Å². The van der Waals surface area contributed by atoms with Crippen molar-refractivity contribution in [2.45, 2.75) is 13.1 Å². The standard InChI is InChI=1S/C23H20N4O/c28-23(19-12-14-24-15-13-19)25-17-22-26-20-10-4-5-11-21(20)27(22)16-6-9-18-7-2-1-3-8-18/h1-15H,16-17H2,(H,25,28)/b9-6+. The van der Waals surface area contributed by atoms with Crippen molar-refractivity contribution in [3.63, 3.8) is 0 Å². The summed E-state index contributed by atoms with van der Waals surface area (Å²) < 4.78 is 2.13. The van der Waals surface area contributed by atoms with Crippen molar-refractivity contribution in [1.29, 1.82) is 0 Å². The first-order valence-corrected chi connectivity index (χ1v) is 9.15. The van der Waals surface area contributed by atoms with Crippen LogP contribution in [0.15, 0.2) is 85.2 Å². The number of nitrogens with one attached hydrogen (secondary N) is 1. The van der Waals surface area contributed by atoms with E-state index in [4.69, 9.17) is 4.98 Å². The average molecular weight is 368 g/mol. The van der Waals surface area contributed by atoms with Crippen LogP contribution < -0.4 is 5.32 Å². The van der Waals surface area contributed by atoms with Crippen LogP contribution in [0.5, 0.6) is 0 Å². The molecule has 0 bridgehead atoms. The Balaban J connectivity index is 1.55. The number of fused-ring (bicyclic) bond motifs is 1. The molecule has 0 radical (unpaired) electrons. The number of amides is 1. The molecule has 28 heavy (non-hydrogen) atoms. The monoisotopic (exact) mass is 368 g/mol. The van der Waals surface area contributed by atoms with Crippen LogP contribution >= 0.6 is 0 Å². The van der Waals surface area contributed by atoms with E-state index in [1.807, 2.05) is 42.5 Å². The van der Waals surface area contributed by atoms with Crippen molar-refractivity contribution in [3.8, 4) is 0 Å². The van der Waals surface area contributed by atoms with Crippen LogP contribution in [0.2, 0.25) is 0 Å². The summed E-state index contributed by atoms with van der Waals surface area (Å²) in [5.41, 5.74) is 3.71. The summed E-state index contributed by atoms with van der Waals surface area (Å²) in [4.78, 5) is 21.0. The zero-order chi connectivity index (χ0) is 19.2. The summed E-state index contributed by atoms with van der Waals surface area (Å²) in [6.45, 7) is 1.03. The topological polar surface area (TPSA) is 59.8 Å². The molecule has 0 aliphatic heterocycles. The lowest BCUT2D eigenvalue weighted by Gasteiger charge is -2.08. The summed E-state index contributed by atoms with van der Waals surface area (Å²) >= 11 is 0. The van der Waals surface area contributed by atoms with Gasteiger partial charge in [0.25, 0.3) is 5.91 Å². The van der Waals surface area contributed by atoms with Crippen LogP contribution in [0, 0.1) is 0 Å². The number of benzene rings is 2. The van der Waals surface area contributed by atoms with Crippen LogP contribution in [0.3, 0.4) is 0 Å². The number of allylic oxidation sites excluding steroid dienone is 1. The smallest absolute Gasteiger partial charge is 0.251 e. The van der Waals surface area contributed by atoms with E-state index in [1.165, 1.54) is 0 Å². The fourth-order valence-corrected chi connectivity index (χ4v) is 3.09. The fourth-order valence-electron chi connectivity index (χ4n) is 3.09. The zero-order valence-corrected chi connectivity index (χ0v) is 15.3. The van der Waals surface area contributed by atoms with Crippen LogP contribution in [0.4, 0.5) is 0 Å². The number of pyridine rings is 1. The molecular weight excluding hydrogens is 348 g/mol. The largest absolute Gasteiger partial charge is 0.345 e. The molecule has 2 aromatic carbocycles. The molecule has 0 atom stereocenters. The Morgan fingerprint density at radius 1 is 0.964 bits per heavy atom. The first kappa shape index (κ1) is 17.7. The normalized spacial score (nSPS) is 11.1. The molecule has 0 aliphatic carbocycles. The molecule has 4 aromatic rings. The molecular formula is C23H20N4O. The van der Waals surface area contributed by atoms with Gasteiger partial charge in [-0.3, -0.25) is 9.78 Å². The predicted molar refractivity (Wildman–Crippen MR) is 111 cm³/mol. The summed E-state index contributed by atoms with van der Waals surface area (Å²) in [5, 5.41) is 2.95. The molecule has 4 rings (SSSR count). The number of hydrogen-bond donors (Lipinski definition) is 1. The first-order valence-electron chi connectivity index (χ1n) is 9.15. The van der Waals surface area contributed by atoms with E-state index in [9.17, 15) is 4.79 Å². The Morgan fingerprint density at radius 3 is 2.54 bits per heavy atom. The number of imidazole rings is 1. The van der Waals surface area contributed by atoms with Gasteiger partial charge in [-0.2, -0.15) is 0 Å². The maximum absolute atomic E-state index is 12.4. The minimum absolute atomic E-state index is 0.138. The molecule has 0 saturated carbocycles. The number of nitrogens with zero attached hydrogens (tertiary/aromatic N) is 3. The third-order valence-corrected chi connectivity index (χ3v) is 4.48. The van der Waals surface area contributed by atoms with Gasteiger partial charge in [0.15, 0.2) is 0 Å². The third-order valence-electron chi connectivity index (χ3n) is 4.48. The molecule has 5 heteroatoms. The van der Waals surface area contributed by atoms with Gasteiger partial charge in [-0.1, -0.05) is 54.6 Å². The number of carbonyl (C=O) groups excluding carboxylic acids is 1. The zero-order valence-electron chi connectivity index (χ0n) is 15.3. The number of hydrogen-bond acceptors (Lipinski definition) is 3. The highest BCUT2D eigenvalue weighted by atomic mass is 16.1. The number of aromatic nitrogens is 3. The summed E-state index contributed by atoms with van der Waals surface area (Å²) in [6.07, 6.45) is 7.42. The molecule has 0 spiro atoms. The quantitative estimate of drug-likeness (QED) is 0.558. The summed E-state index contributed by atoms with van der Waals surface area (Å²) in [5.74, 6) is 0.683. The number of rotatable bonds is 6. The highest BCUT2D eigenvalue weighted by molar-refractivity contribution is 5.93. The molecule has 1 N–H and O–H groups in total. The van der Waals surface area contributed by atoms with Crippen molar-refractivity contribution in [2.75, 3.05) is 0 Å². The molecule has 0 unspecified atom stereocenters. The lowest BCUT2D eigenvalue weighted by molar-refractivity contribution is 0.0949. The lowest BCUT2D eigenvalue weighted by Crippen LogP contribution is -2.24. The van der Waals surface area contributed by atoms with Crippen LogP contribution in [-0.4, -0.2) is 20.4 Å². The highest BCUT2D eigenvalue weighted by Crippen LogP contribution is 2.16. The van der Waals surface area contributed by atoms with E-state index in [-0.39, 0.29) is 5.91 Å². The number of carbonyl (C=O) groups is 1. The van der Waals surface area contributed by atoms with Crippen molar-refractivity contribution < 1.29 is 4.79 Å². The van der Waals surface area contributed by atoms with Gasteiger partial charge < -0.3 is 9.88 Å². The Hall–Kier alpha value is -3.73. The predicted octanol–water partition coefficient (Wildman–Crippen LogP) is 4.07. The molecule has 1 amide bonds. The average Bonchev–Trinajstić information content (AvgIpc) is 3.11. The van der Waals surface area contributed by atoms with E-state index < -0.39 is 0 Å². The molecule has 2 heterocycles. The van der Waals surface area contributed by atoms with E-state index in [2.05, 4.69) is 39.2 Å². The minimum atomic E-state index is -0.138. The summed E-state index contributed by atoms with van der Waals surface area (Å²) in [6, 6.07) is 21.6. The van der Waals surface area contributed by atoms with Gasteiger partial charge in [-0.15, -0.1) is 0 Å². The second-order valence-electron chi connectivity index (χ2n) is 6.36. The Kier molecular flexibility index (Phi) is 5.24. The van der Waals surface area contributed by atoms with Gasteiger partial charge in [0.05, 0.1) is 17.6 Å². The molecule has 0 saturated heterocycles. The Bertz CT molecular complexity index is 1100. The second-order valence-corrected chi connectivity index (χ2v) is 6.36. The minimum Gasteiger partial charge on any atom is -0.345 e. The Morgan fingerprint density at radius 2 is 1.71 bits per heavy atom. The SMILES string of the molecule is O=C(NCc1nc2ccccc2n1C/C=C/c1ccccc1)c1ccncc1. The van der Waals surface area contributed by atoms with Crippen LogP contribution in [-0.2, 0) is 13.1 Å². The molecule has 0 aliphatic rings. The molecule has 2 aromatic heterocycles. The molecule has 0 fully saturated rings. The summed E-state index contributed by atoms with van der Waals surface area (Å²) in [7, 11) is 0. The lowest BCUT2D eigenvalue weighted by atomic mass is 10.2. The van der Waals surface area contributed by atoms with Gasteiger partial charge in [-0.25, -0.2) is 4.98 Å². The third kappa shape index (κ3) is 3.99. The molecule has 138 valence electrons. The van der Waals surface area contributed by atoms with Gasteiger partial charge in [0.2, 0.25) is 0 Å². The van der Waals surface area contributed by atoms with E-state index >= 15 is 0 Å². The van der Waals surface area contributed by atoms with Crippen LogP contribution in [0.1, 0.15) is 21.7 Å². The van der Waals surface area contributed by atoms with E-state index in [0.717, 1.165) is 22.4 Å². The van der Waals surface area contributed by atoms with E-state index in [0.29, 0.717) is 18.7 Å². The van der Waals surface area contributed by atoms with Gasteiger partial charge >= 0.3 is 0 Å². The maximum Gasteiger partial charge on any atom is 0.251 e. The first-order chi connectivity index (χ1) is 13.8. The van der Waals surface area contributed by atoms with Crippen molar-refractivity contribution in [1.82, 2.24) is 19.9 Å². The van der Waals surface area contributed by atoms with Crippen molar-refractivity contribution >= 4 is 23.0 Å². The highest BCUT2D eigenvalue weighted by Gasteiger charge is 2.11. The van der Waals surface area contributed by atoms with Gasteiger partial charge in [0, 0.05) is 24.5 Å². The maximum atomic E-state index is 12.4. The number of para-hydroxylation sites is 2. The van der Waals surface area contributed by atoms with Gasteiger partial charge in [0.1, 0.15) is 5.82 Å². The van der Waals surface area contributed by atoms with Crippen LogP contribution in [0.25, 0.3) is 17.1 Å². The van der Waals surface area contributed by atoms with Crippen molar-refractivity contribution in [2.24, 2.45) is 0 Å². The second kappa shape index (κ2) is 8.31. The van der Waals surface area contributed by atoms with Crippen molar-refractivity contribution in [3.05, 3.63) is 102 Å². The fraction of sp³-hybridized carbons (Fsp3) is 0.0870. The van der Waals surface area contributed by atoms with E-state index in [1.54, 1.807) is 24.5 Å². The Labute approximate surface area is 163 Å².